The number of hydrogen-bond donors (Lipinski definition) is 0. The number of rotatable bonds is 3. The Balaban J connectivity index is 2.88. The highest BCUT2D eigenvalue weighted by Gasteiger charge is 2.13. The molecule has 0 aliphatic carbocycles. The van der Waals surface area contributed by atoms with Gasteiger partial charge in [0.1, 0.15) is 6.29 Å². The first-order valence-electron chi connectivity index (χ1n) is 5.16. The lowest BCUT2D eigenvalue weighted by molar-refractivity contribution is 0.112. The standard InChI is InChI=1S/C13H17ClO/c1-13(2,3)8-7-11-10(9-15)5-4-6-12(11)14/h4-6,9H,7-8H2,1-3H3. The third kappa shape index (κ3) is 3.67. The first kappa shape index (κ1) is 12.3. The van der Waals surface area contributed by atoms with Crippen LogP contribution in [0, 0.1) is 5.41 Å². The maximum Gasteiger partial charge on any atom is 0.150 e. The Kier molecular flexibility index (Phi) is 3.92. The molecule has 0 radical (unpaired) electrons. The fourth-order valence-electron chi connectivity index (χ4n) is 1.45. The van der Waals surface area contributed by atoms with Gasteiger partial charge in [0, 0.05) is 10.6 Å². The second-order valence-corrected chi connectivity index (χ2v) is 5.39. The van der Waals surface area contributed by atoms with Crippen LogP contribution in [0.1, 0.15) is 43.1 Å². The van der Waals surface area contributed by atoms with E-state index in [4.69, 9.17) is 11.6 Å². The van der Waals surface area contributed by atoms with E-state index in [0.29, 0.717) is 10.6 Å². The molecule has 0 unspecified atom stereocenters. The van der Waals surface area contributed by atoms with Crippen LogP contribution < -0.4 is 0 Å². The summed E-state index contributed by atoms with van der Waals surface area (Å²) in [6.45, 7) is 6.55. The molecule has 15 heavy (non-hydrogen) atoms. The number of halogens is 1. The minimum absolute atomic E-state index is 0.263. The van der Waals surface area contributed by atoms with Crippen molar-refractivity contribution in [3.8, 4) is 0 Å². The van der Waals surface area contributed by atoms with Crippen LogP contribution in [0.4, 0.5) is 0 Å². The zero-order valence-electron chi connectivity index (χ0n) is 9.51. The van der Waals surface area contributed by atoms with Gasteiger partial charge in [-0.15, -0.1) is 0 Å². The van der Waals surface area contributed by atoms with Gasteiger partial charge in [0.25, 0.3) is 0 Å². The summed E-state index contributed by atoms with van der Waals surface area (Å²) in [6.07, 6.45) is 2.76. The molecule has 0 aromatic heterocycles. The lowest BCUT2D eigenvalue weighted by atomic mass is 9.88. The zero-order chi connectivity index (χ0) is 11.5. The summed E-state index contributed by atoms with van der Waals surface area (Å²) in [7, 11) is 0. The van der Waals surface area contributed by atoms with Gasteiger partial charge < -0.3 is 0 Å². The van der Waals surface area contributed by atoms with Gasteiger partial charge in [-0.3, -0.25) is 4.79 Å². The van der Waals surface area contributed by atoms with Gasteiger partial charge >= 0.3 is 0 Å². The van der Waals surface area contributed by atoms with Crippen molar-refractivity contribution in [3.63, 3.8) is 0 Å². The second-order valence-electron chi connectivity index (χ2n) is 4.99. The van der Waals surface area contributed by atoms with Gasteiger partial charge in [0.05, 0.1) is 0 Å². The van der Waals surface area contributed by atoms with E-state index in [-0.39, 0.29) is 5.41 Å². The molecule has 0 N–H and O–H groups in total. The van der Waals surface area contributed by atoms with E-state index in [0.717, 1.165) is 24.7 Å². The Morgan fingerprint density at radius 1 is 1.33 bits per heavy atom. The minimum atomic E-state index is 0.263. The summed E-state index contributed by atoms with van der Waals surface area (Å²) in [6, 6.07) is 5.47. The Labute approximate surface area is 96.5 Å². The minimum Gasteiger partial charge on any atom is -0.298 e. The summed E-state index contributed by atoms with van der Waals surface area (Å²) in [5.41, 5.74) is 1.95. The molecule has 0 aliphatic heterocycles. The molecule has 82 valence electrons. The number of hydrogen-bond acceptors (Lipinski definition) is 1. The Morgan fingerprint density at radius 2 is 2.00 bits per heavy atom. The van der Waals surface area contributed by atoms with Crippen molar-refractivity contribution < 1.29 is 4.79 Å². The number of aldehydes is 1. The molecular formula is C13H17ClO. The molecule has 0 aliphatic rings. The van der Waals surface area contributed by atoms with Crippen molar-refractivity contribution in [2.24, 2.45) is 5.41 Å². The number of carbonyl (C=O) groups excluding carboxylic acids is 1. The molecule has 1 aromatic carbocycles. The third-order valence-corrected chi connectivity index (χ3v) is 2.76. The monoisotopic (exact) mass is 224 g/mol. The van der Waals surface area contributed by atoms with Gasteiger partial charge in [-0.1, -0.05) is 44.5 Å². The second kappa shape index (κ2) is 4.80. The van der Waals surface area contributed by atoms with E-state index in [1.54, 1.807) is 0 Å². The van der Waals surface area contributed by atoms with Crippen LogP contribution >= 0.6 is 11.6 Å². The van der Waals surface area contributed by atoms with Crippen LogP contribution in [0.15, 0.2) is 18.2 Å². The summed E-state index contributed by atoms with van der Waals surface area (Å²) >= 11 is 6.08. The van der Waals surface area contributed by atoms with Crippen molar-refractivity contribution in [2.45, 2.75) is 33.6 Å². The summed E-state index contributed by atoms with van der Waals surface area (Å²) < 4.78 is 0. The Morgan fingerprint density at radius 3 is 2.53 bits per heavy atom. The SMILES string of the molecule is CC(C)(C)CCc1c(Cl)cccc1C=O. The normalized spacial score (nSPS) is 11.5. The van der Waals surface area contributed by atoms with Gasteiger partial charge in [-0.25, -0.2) is 0 Å². The van der Waals surface area contributed by atoms with Crippen molar-refractivity contribution in [1.29, 1.82) is 0 Å². The molecule has 0 saturated heterocycles. The topological polar surface area (TPSA) is 17.1 Å². The fourth-order valence-corrected chi connectivity index (χ4v) is 1.73. The molecule has 0 atom stereocenters. The highest BCUT2D eigenvalue weighted by molar-refractivity contribution is 6.31. The Bertz CT molecular complexity index is 350. The zero-order valence-corrected chi connectivity index (χ0v) is 10.3. The molecule has 2 heteroatoms. The molecule has 0 heterocycles. The van der Waals surface area contributed by atoms with Gasteiger partial charge in [0.2, 0.25) is 0 Å². The average molecular weight is 225 g/mol. The van der Waals surface area contributed by atoms with Crippen LogP contribution in [-0.2, 0) is 6.42 Å². The maximum atomic E-state index is 10.8. The van der Waals surface area contributed by atoms with Crippen LogP contribution in [-0.4, -0.2) is 6.29 Å². The fraction of sp³-hybridized carbons (Fsp3) is 0.462. The van der Waals surface area contributed by atoms with E-state index < -0.39 is 0 Å². The maximum absolute atomic E-state index is 10.8. The molecule has 0 bridgehead atoms. The molecule has 0 saturated carbocycles. The van der Waals surface area contributed by atoms with E-state index in [9.17, 15) is 4.79 Å². The molecule has 1 rings (SSSR count). The first-order chi connectivity index (χ1) is 6.94. The number of benzene rings is 1. The largest absolute Gasteiger partial charge is 0.298 e. The predicted octanol–water partition coefficient (Wildman–Crippen LogP) is 4.13. The van der Waals surface area contributed by atoms with E-state index in [1.165, 1.54) is 0 Å². The van der Waals surface area contributed by atoms with Gasteiger partial charge in [-0.05, 0) is 29.9 Å². The van der Waals surface area contributed by atoms with Crippen LogP contribution in [0.3, 0.4) is 0 Å². The van der Waals surface area contributed by atoms with Crippen LogP contribution in [0.25, 0.3) is 0 Å². The lowest BCUT2D eigenvalue weighted by Gasteiger charge is -2.18. The first-order valence-corrected chi connectivity index (χ1v) is 5.54. The molecule has 1 nitrogen and oxygen atoms in total. The van der Waals surface area contributed by atoms with E-state index in [1.807, 2.05) is 18.2 Å². The quantitative estimate of drug-likeness (QED) is 0.706. The third-order valence-electron chi connectivity index (χ3n) is 2.41. The van der Waals surface area contributed by atoms with E-state index >= 15 is 0 Å². The molecule has 0 fully saturated rings. The van der Waals surface area contributed by atoms with E-state index in [2.05, 4.69) is 20.8 Å². The van der Waals surface area contributed by atoms with Crippen molar-refractivity contribution in [2.75, 3.05) is 0 Å². The lowest BCUT2D eigenvalue weighted by Crippen LogP contribution is -2.07. The summed E-state index contributed by atoms with van der Waals surface area (Å²) in [5, 5.41) is 0.698. The highest BCUT2D eigenvalue weighted by Crippen LogP contribution is 2.26. The molecular weight excluding hydrogens is 208 g/mol. The molecule has 1 aromatic rings. The van der Waals surface area contributed by atoms with Gasteiger partial charge in [0.15, 0.2) is 0 Å². The predicted molar refractivity (Wildman–Crippen MR) is 64.6 cm³/mol. The molecule has 0 amide bonds. The van der Waals surface area contributed by atoms with Crippen molar-refractivity contribution >= 4 is 17.9 Å². The van der Waals surface area contributed by atoms with Crippen molar-refractivity contribution in [3.05, 3.63) is 34.3 Å². The summed E-state index contributed by atoms with van der Waals surface area (Å²) in [4.78, 5) is 10.8. The number of carbonyl (C=O) groups is 1. The van der Waals surface area contributed by atoms with Crippen molar-refractivity contribution in [1.82, 2.24) is 0 Å². The van der Waals surface area contributed by atoms with Crippen LogP contribution in [0.2, 0.25) is 5.02 Å². The highest BCUT2D eigenvalue weighted by atomic mass is 35.5. The Hall–Kier alpha value is -0.820. The molecule has 0 spiro atoms. The van der Waals surface area contributed by atoms with Crippen LogP contribution in [0.5, 0.6) is 0 Å². The average Bonchev–Trinajstić information content (AvgIpc) is 2.14. The smallest absolute Gasteiger partial charge is 0.150 e. The summed E-state index contributed by atoms with van der Waals surface area (Å²) in [5.74, 6) is 0. The van der Waals surface area contributed by atoms with Gasteiger partial charge in [-0.2, -0.15) is 0 Å².